The number of aryl methyl sites for hydroxylation is 1. The van der Waals surface area contributed by atoms with Crippen molar-refractivity contribution in [2.45, 2.75) is 6.92 Å². The van der Waals surface area contributed by atoms with Crippen molar-refractivity contribution in [2.24, 2.45) is 0 Å². The molecule has 12 heavy (non-hydrogen) atoms. The second kappa shape index (κ2) is 3.99. The van der Waals surface area contributed by atoms with Crippen LogP contribution in [0.25, 0.3) is 4.91 Å². The van der Waals surface area contributed by atoms with Gasteiger partial charge in [0.2, 0.25) is 0 Å². The summed E-state index contributed by atoms with van der Waals surface area (Å²) in [7, 11) is 0. The van der Waals surface area contributed by atoms with Crippen LogP contribution in [0.5, 0.6) is 0 Å². The summed E-state index contributed by atoms with van der Waals surface area (Å²) in [6, 6.07) is 7.97. The molecule has 0 atom stereocenters. The molecule has 1 nitrogen and oxygen atoms in total. The molecule has 2 heteroatoms. The van der Waals surface area contributed by atoms with Crippen molar-refractivity contribution in [3.63, 3.8) is 0 Å². The van der Waals surface area contributed by atoms with Crippen molar-refractivity contribution in [1.29, 1.82) is 5.26 Å². The molecule has 0 saturated carbocycles. The first-order valence-corrected chi connectivity index (χ1v) is 4.37. The van der Waals surface area contributed by atoms with Crippen LogP contribution in [0.15, 0.2) is 30.8 Å². The van der Waals surface area contributed by atoms with Gasteiger partial charge in [0.25, 0.3) is 0 Å². The molecule has 1 rings (SSSR count). The van der Waals surface area contributed by atoms with E-state index in [1.165, 1.54) is 5.56 Å². The highest BCUT2D eigenvalue weighted by Crippen LogP contribution is 2.23. The maximum atomic E-state index is 8.40. The van der Waals surface area contributed by atoms with E-state index >= 15 is 0 Å². The van der Waals surface area contributed by atoms with Crippen molar-refractivity contribution in [3.05, 3.63) is 42.0 Å². The van der Waals surface area contributed by atoms with Crippen molar-refractivity contribution < 1.29 is 0 Å². The van der Waals surface area contributed by atoms with Gasteiger partial charge in [-0.25, -0.2) is 0 Å². The SMILES string of the molecule is C=C(SC#N)c1ccc(C)cc1. The minimum Gasteiger partial charge on any atom is -0.185 e. The third-order valence-electron chi connectivity index (χ3n) is 1.54. The van der Waals surface area contributed by atoms with Crippen LogP contribution in [0.3, 0.4) is 0 Å². The lowest BCUT2D eigenvalue weighted by molar-refractivity contribution is 1.46. The Morgan fingerprint density at radius 3 is 2.50 bits per heavy atom. The Morgan fingerprint density at radius 1 is 1.42 bits per heavy atom. The second-order valence-corrected chi connectivity index (χ2v) is 3.36. The number of thiocyanates is 1. The van der Waals surface area contributed by atoms with Crippen molar-refractivity contribution >= 4 is 16.7 Å². The van der Waals surface area contributed by atoms with Crippen LogP contribution in [0.4, 0.5) is 0 Å². The number of rotatable bonds is 2. The van der Waals surface area contributed by atoms with Gasteiger partial charge in [-0.3, -0.25) is 0 Å². The van der Waals surface area contributed by atoms with Gasteiger partial charge in [-0.05, 0) is 24.2 Å². The van der Waals surface area contributed by atoms with Gasteiger partial charge in [-0.2, -0.15) is 5.26 Å². The molecular weight excluding hydrogens is 166 g/mol. The lowest BCUT2D eigenvalue weighted by atomic mass is 10.1. The van der Waals surface area contributed by atoms with Gasteiger partial charge in [0.15, 0.2) is 0 Å². The van der Waals surface area contributed by atoms with E-state index in [0.29, 0.717) is 0 Å². The second-order valence-electron chi connectivity index (χ2n) is 2.48. The third kappa shape index (κ3) is 2.14. The van der Waals surface area contributed by atoms with Crippen LogP contribution in [-0.2, 0) is 0 Å². The highest BCUT2D eigenvalue weighted by molar-refractivity contribution is 8.12. The third-order valence-corrected chi connectivity index (χ3v) is 2.12. The molecule has 0 aliphatic rings. The number of thioether (sulfide) groups is 1. The van der Waals surface area contributed by atoms with Gasteiger partial charge in [0, 0.05) is 4.91 Å². The lowest BCUT2D eigenvalue weighted by Crippen LogP contribution is -1.77. The summed E-state index contributed by atoms with van der Waals surface area (Å²) in [6.07, 6.45) is 0. The monoisotopic (exact) mass is 175 g/mol. The van der Waals surface area contributed by atoms with E-state index in [9.17, 15) is 0 Å². The zero-order valence-electron chi connectivity index (χ0n) is 6.87. The molecule has 0 unspecified atom stereocenters. The van der Waals surface area contributed by atoms with Crippen molar-refractivity contribution in [2.75, 3.05) is 0 Å². The highest BCUT2D eigenvalue weighted by Gasteiger charge is 1.97. The predicted molar refractivity (Wildman–Crippen MR) is 53.4 cm³/mol. The maximum absolute atomic E-state index is 8.40. The van der Waals surface area contributed by atoms with E-state index in [2.05, 4.69) is 6.58 Å². The average molecular weight is 175 g/mol. The Balaban J connectivity index is 2.84. The van der Waals surface area contributed by atoms with Crippen LogP contribution in [0, 0.1) is 17.6 Å². The summed E-state index contributed by atoms with van der Waals surface area (Å²) >= 11 is 1.10. The molecule has 0 amide bonds. The van der Waals surface area contributed by atoms with Gasteiger partial charge < -0.3 is 0 Å². The minimum atomic E-state index is 0.803. The Morgan fingerprint density at radius 2 is 2.00 bits per heavy atom. The van der Waals surface area contributed by atoms with Gasteiger partial charge in [0.1, 0.15) is 5.40 Å². The summed E-state index contributed by atoms with van der Waals surface area (Å²) in [4.78, 5) is 0.803. The van der Waals surface area contributed by atoms with Crippen molar-refractivity contribution in [1.82, 2.24) is 0 Å². The molecule has 0 bridgehead atoms. The Bertz CT molecular complexity index is 319. The van der Waals surface area contributed by atoms with E-state index in [-0.39, 0.29) is 0 Å². The molecule has 0 radical (unpaired) electrons. The van der Waals surface area contributed by atoms with E-state index in [0.717, 1.165) is 22.2 Å². The van der Waals surface area contributed by atoms with E-state index in [4.69, 9.17) is 5.26 Å². The number of benzene rings is 1. The molecule has 60 valence electrons. The maximum Gasteiger partial charge on any atom is 0.138 e. The number of hydrogen-bond donors (Lipinski definition) is 0. The average Bonchev–Trinajstić information content (AvgIpc) is 2.06. The lowest BCUT2D eigenvalue weighted by Gasteiger charge is -1.99. The fourth-order valence-electron chi connectivity index (χ4n) is 0.853. The highest BCUT2D eigenvalue weighted by atomic mass is 32.2. The molecule has 1 aromatic rings. The molecule has 1 aromatic carbocycles. The minimum absolute atomic E-state index is 0.803. The summed E-state index contributed by atoms with van der Waals surface area (Å²) in [6.45, 7) is 5.82. The van der Waals surface area contributed by atoms with Gasteiger partial charge in [-0.15, -0.1) is 0 Å². The Kier molecular flexibility index (Phi) is 2.95. The molecule has 0 aliphatic carbocycles. The molecule has 0 spiro atoms. The van der Waals surface area contributed by atoms with Crippen LogP contribution in [0.2, 0.25) is 0 Å². The first kappa shape index (κ1) is 8.89. The van der Waals surface area contributed by atoms with E-state index in [1.807, 2.05) is 36.6 Å². The molecule has 0 aliphatic heterocycles. The van der Waals surface area contributed by atoms with Crippen LogP contribution >= 0.6 is 11.8 Å². The number of nitriles is 1. The predicted octanol–water partition coefficient (Wildman–Crippen LogP) is 3.18. The first-order valence-electron chi connectivity index (χ1n) is 3.56. The van der Waals surface area contributed by atoms with E-state index < -0.39 is 0 Å². The molecule has 0 N–H and O–H groups in total. The molecule has 0 heterocycles. The fraction of sp³-hybridized carbons (Fsp3) is 0.100. The Hall–Kier alpha value is -1.20. The molecule has 0 fully saturated rings. The van der Waals surface area contributed by atoms with Gasteiger partial charge >= 0.3 is 0 Å². The Labute approximate surface area is 76.7 Å². The largest absolute Gasteiger partial charge is 0.185 e. The normalized spacial score (nSPS) is 9.00. The smallest absolute Gasteiger partial charge is 0.138 e. The molecular formula is C10H9NS. The quantitative estimate of drug-likeness (QED) is 0.644. The van der Waals surface area contributed by atoms with Crippen LogP contribution in [-0.4, -0.2) is 0 Å². The van der Waals surface area contributed by atoms with Crippen LogP contribution in [0.1, 0.15) is 11.1 Å². The number of hydrogen-bond acceptors (Lipinski definition) is 2. The summed E-state index contributed by atoms with van der Waals surface area (Å²) in [5, 5.41) is 10.4. The van der Waals surface area contributed by atoms with Gasteiger partial charge in [0.05, 0.1) is 0 Å². The summed E-state index contributed by atoms with van der Waals surface area (Å²) < 4.78 is 0. The fourth-order valence-corrected chi connectivity index (χ4v) is 1.22. The standard InChI is InChI=1S/C10H9NS/c1-8-3-5-10(6-4-8)9(2)12-7-11/h3-6H,2H2,1H3. The summed E-state index contributed by atoms with van der Waals surface area (Å²) in [5.41, 5.74) is 2.24. The summed E-state index contributed by atoms with van der Waals surface area (Å²) in [5.74, 6) is 0. The molecule has 0 aromatic heterocycles. The van der Waals surface area contributed by atoms with Crippen molar-refractivity contribution in [3.8, 4) is 5.40 Å². The topological polar surface area (TPSA) is 23.8 Å². The zero-order valence-corrected chi connectivity index (χ0v) is 7.69. The number of nitrogens with zero attached hydrogens (tertiary/aromatic N) is 1. The van der Waals surface area contributed by atoms with Crippen LogP contribution < -0.4 is 0 Å². The zero-order chi connectivity index (χ0) is 8.97. The first-order chi connectivity index (χ1) is 5.74. The van der Waals surface area contributed by atoms with Gasteiger partial charge in [-0.1, -0.05) is 36.4 Å². The molecule has 0 saturated heterocycles. The van der Waals surface area contributed by atoms with E-state index in [1.54, 1.807) is 0 Å².